The summed E-state index contributed by atoms with van der Waals surface area (Å²) in [6.07, 6.45) is 0.360. The maximum atomic E-state index is 11.9. The van der Waals surface area contributed by atoms with E-state index >= 15 is 0 Å². The van der Waals surface area contributed by atoms with Crippen molar-refractivity contribution in [3.05, 3.63) is 28.8 Å². The number of nitrogens with zero attached hydrogens (tertiary/aromatic N) is 1. The number of carbonyl (C=O) groups is 2. The quantitative estimate of drug-likeness (QED) is 0.618. The van der Waals surface area contributed by atoms with Crippen molar-refractivity contribution in [2.24, 2.45) is 0 Å². The monoisotopic (exact) mass is 281 g/mol. The average Bonchev–Trinajstić information content (AvgIpc) is 2.66. The molecule has 1 aromatic rings. The first-order chi connectivity index (χ1) is 8.93. The lowest BCUT2D eigenvalue weighted by Gasteiger charge is -2.21. The van der Waals surface area contributed by atoms with Crippen LogP contribution in [0.3, 0.4) is 0 Å². The highest BCUT2D eigenvalue weighted by Gasteiger charge is 2.31. The Balaban J connectivity index is 2.43. The summed E-state index contributed by atoms with van der Waals surface area (Å²) in [4.78, 5) is 25.2. The number of rotatable bonds is 2. The Hall–Kier alpha value is -1.55. The molecule has 1 fully saturated rings. The summed E-state index contributed by atoms with van der Waals surface area (Å²) in [7, 11) is 1.35. The van der Waals surface area contributed by atoms with Crippen LogP contribution >= 0.6 is 11.6 Å². The number of hydrogen-bond acceptors (Lipinski definition) is 3. The summed E-state index contributed by atoms with van der Waals surface area (Å²) in [6, 6.07) is 3.48. The van der Waals surface area contributed by atoms with Gasteiger partial charge >= 0.3 is 5.97 Å². The van der Waals surface area contributed by atoms with Crippen LogP contribution in [0, 0.1) is 13.8 Å². The Bertz CT molecular complexity index is 518. The fourth-order valence-electron chi connectivity index (χ4n) is 2.50. The Morgan fingerprint density at radius 1 is 1.37 bits per heavy atom. The van der Waals surface area contributed by atoms with Gasteiger partial charge in [0.05, 0.1) is 18.1 Å². The lowest BCUT2D eigenvalue weighted by molar-refractivity contribution is -0.117. The normalized spacial score (nSPS) is 18.8. The average molecular weight is 282 g/mol. The van der Waals surface area contributed by atoms with Crippen molar-refractivity contribution in [2.45, 2.75) is 25.6 Å². The van der Waals surface area contributed by atoms with Crippen LogP contribution in [0.5, 0.6) is 0 Å². The zero-order chi connectivity index (χ0) is 14.2. The third-order valence-corrected chi connectivity index (χ3v) is 3.55. The lowest BCUT2D eigenvalue weighted by atomic mass is 10.0. The number of esters is 1. The van der Waals surface area contributed by atoms with Gasteiger partial charge in [-0.1, -0.05) is 0 Å². The minimum absolute atomic E-state index is 0.0250. The molecule has 1 saturated heterocycles. The predicted octanol–water partition coefficient (Wildman–Crippen LogP) is 2.43. The number of halogens is 1. The molecule has 4 nitrogen and oxygen atoms in total. The smallest absolute Gasteiger partial charge is 0.337 e. The third kappa shape index (κ3) is 2.59. The molecule has 19 heavy (non-hydrogen) atoms. The largest absolute Gasteiger partial charge is 0.465 e. The van der Waals surface area contributed by atoms with Crippen molar-refractivity contribution < 1.29 is 14.3 Å². The number of aryl methyl sites for hydroxylation is 2. The predicted molar refractivity (Wildman–Crippen MR) is 73.9 cm³/mol. The topological polar surface area (TPSA) is 46.6 Å². The fraction of sp³-hybridized carbons (Fsp3) is 0.429. The number of ether oxygens (including phenoxy) is 1. The van der Waals surface area contributed by atoms with Gasteiger partial charge in [0.25, 0.3) is 0 Å². The zero-order valence-electron chi connectivity index (χ0n) is 11.2. The molecule has 1 unspecified atom stereocenters. The van der Waals surface area contributed by atoms with Crippen molar-refractivity contribution in [2.75, 3.05) is 18.6 Å². The molecule has 2 rings (SSSR count). The van der Waals surface area contributed by atoms with Crippen LogP contribution in [0.25, 0.3) is 0 Å². The van der Waals surface area contributed by atoms with Gasteiger partial charge in [-0.3, -0.25) is 4.79 Å². The molecular formula is C14H16ClNO3. The summed E-state index contributed by atoms with van der Waals surface area (Å²) in [5.74, 6) is -0.349. The second-order valence-corrected chi connectivity index (χ2v) is 5.37. The van der Waals surface area contributed by atoms with Gasteiger partial charge in [0.1, 0.15) is 0 Å². The van der Waals surface area contributed by atoms with Gasteiger partial charge in [0.2, 0.25) is 5.91 Å². The van der Waals surface area contributed by atoms with E-state index in [1.165, 1.54) is 7.11 Å². The Labute approximate surface area is 117 Å². The first kappa shape index (κ1) is 13.9. The minimum atomic E-state index is -0.374. The maximum Gasteiger partial charge on any atom is 0.337 e. The lowest BCUT2D eigenvalue weighted by Crippen LogP contribution is -2.26. The molecule has 0 aromatic heterocycles. The van der Waals surface area contributed by atoms with Crippen molar-refractivity contribution in [3.8, 4) is 0 Å². The summed E-state index contributed by atoms with van der Waals surface area (Å²) in [5, 5.41) is -0.147. The third-order valence-electron chi connectivity index (χ3n) is 3.26. The van der Waals surface area contributed by atoms with Gasteiger partial charge in [-0.05, 0) is 37.1 Å². The number of hydrogen-bond donors (Lipinski definition) is 0. The van der Waals surface area contributed by atoms with E-state index in [0.717, 1.165) is 16.8 Å². The molecule has 5 heteroatoms. The molecule has 102 valence electrons. The Morgan fingerprint density at radius 3 is 2.37 bits per heavy atom. The van der Waals surface area contributed by atoms with Crippen molar-refractivity contribution in [1.29, 1.82) is 0 Å². The van der Waals surface area contributed by atoms with Gasteiger partial charge < -0.3 is 9.64 Å². The molecule has 0 radical (unpaired) electrons. The van der Waals surface area contributed by atoms with Gasteiger partial charge in [0, 0.05) is 18.7 Å². The van der Waals surface area contributed by atoms with Gasteiger partial charge in [0.15, 0.2) is 0 Å². The molecule has 0 saturated carbocycles. The van der Waals surface area contributed by atoms with Gasteiger partial charge in [-0.2, -0.15) is 0 Å². The summed E-state index contributed by atoms with van der Waals surface area (Å²) in [5.41, 5.74) is 3.09. The Morgan fingerprint density at radius 2 is 1.95 bits per heavy atom. The fourth-order valence-corrected chi connectivity index (χ4v) is 2.77. The van der Waals surface area contributed by atoms with E-state index in [1.54, 1.807) is 17.0 Å². The summed E-state index contributed by atoms with van der Waals surface area (Å²) < 4.78 is 4.71. The molecule has 0 aliphatic carbocycles. The molecule has 0 N–H and O–H groups in total. The highest BCUT2D eigenvalue weighted by Crippen LogP contribution is 2.31. The number of carbonyl (C=O) groups excluding carboxylic acids is 2. The SMILES string of the molecule is COC(=O)c1cc(C)c(N2CC(Cl)CC2=O)c(C)c1. The summed E-state index contributed by atoms with van der Waals surface area (Å²) in [6.45, 7) is 4.27. The van der Waals surface area contributed by atoms with Crippen LogP contribution < -0.4 is 4.90 Å². The van der Waals surface area contributed by atoms with Gasteiger partial charge in [-0.25, -0.2) is 4.79 Å². The summed E-state index contributed by atoms with van der Waals surface area (Å²) >= 11 is 6.02. The molecule has 1 heterocycles. The maximum absolute atomic E-state index is 11.9. The first-order valence-electron chi connectivity index (χ1n) is 6.08. The number of alkyl halides is 1. The Kier molecular flexibility index (Phi) is 3.80. The molecule has 0 bridgehead atoms. The zero-order valence-corrected chi connectivity index (χ0v) is 12.0. The van der Waals surface area contributed by atoms with Crippen molar-refractivity contribution in [1.82, 2.24) is 0 Å². The number of amides is 1. The molecular weight excluding hydrogens is 266 g/mol. The van der Waals surface area contributed by atoms with Crippen LogP contribution in [-0.2, 0) is 9.53 Å². The highest BCUT2D eigenvalue weighted by atomic mass is 35.5. The second-order valence-electron chi connectivity index (χ2n) is 4.76. The van der Waals surface area contributed by atoms with Gasteiger partial charge in [-0.15, -0.1) is 11.6 Å². The van der Waals surface area contributed by atoms with E-state index in [0.29, 0.717) is 18.5 Å². The first-order valence-corrected chi connectivity index (χ1v) is 6.51. The van der Waals surface area contributed by atoms with Crippen molar-refractivity contribution in [3.63, 3.8) is 0 Å². The minimum Gasteiger partial charge on any atom is -0.465 e. The van der Waals surface area contributed by atoms with E-state index in [1.807, 2.05) is 13.8 Å². The number of methoxy groups -OCH3 is 1. The highest BCUT2D eigenvalue weighted by molar-refractivity contribution is 6.24. The molecule has 1 aliphatic rings. The van der Waals surface area contributed by atoms with E-state index in [9.17, 15) is 9.59 Å². The molecule has 1 aliphatic heterocycles. The number of benzene rings is 1. The van der Waals surface area contributed by atoms with Crippen molar-refractivity contribution >= 4 is 29.2 Å². The molecule has 1 amide bonds. The van der Waals surface area contributed by atoms with E-state index < -0.39 is 0 Å². The van der Waals surface area contributed by atoms with Crippen LogP contribution in [0.1, 0.15) is 27.9 Å². The molecule has 0 spiro atoms. The van der Waals surface area contributed by atoms with E-state index in [-0.39, 0.29) is 17.3 Å². The van der Waals surface area contributed by atoms with Crippen LogP contribution in [0.4, 0.5) is 5.69 Å². The molecule has 1 atom stereocenters. The standard InChI is InChI=1S/C14H16ClNO3/c1-8-4-10(14(18)19-3)5-9(2)13(8)16-7-11(15)6-12(16)17/h4-5,11H,6-7H2,1-3H3. The van der Waals surface area contributed by atoms with Crippen LogP contribution in [0.15, 0.2) is 12.1 Å². The van der Waals surface area contributed by atoms with E-state index in [2.05, 4.69) is 0 Å². The van der Waals surface area contributed by atoms with Crippen LogP contribution in [0.2, 0.25) is 0 Å². The van der Waals surface area contributed by atoms with E-state index in [4.69, 9.17) is 16.3 Å². The molecule has 1 aromatic carbocycles. The second kappa shape index (κ2) is 5.21. The van der Waals surface area contributed by atoms with Crippen LogP contribution in [-0.4, -0.2) is 30.9 Å². The number of anilines is 1.